The highest BCUT2D eigenvalue weighted by Gasteiger charge is 2.45. The number of imidazole rings is 1. The molecule has 0 aliphatic carbocycles. The van der Waals surface area contributed by atoms with Crippen LogP contribution in [0, 0.1) is 0 Å². The molecule has 6 N–H and O–H groups in total. The maximum absolute atomic E-state index is 12.8. The average Bonchev–Trinajstić information content (AvgIpc) is 3.71. The molecule has 0 unspecified atom stereocenters. The Balaban J connectivity index is 1.00. The van der Waals surface area contributed by atoms with Gasteiger partial charge in [0, 0.05) is 51.1 Å². The first-order chi connectivity index (χ1) is 26.0. The summed E-state index contributed by atoms with van der Waals surface area (Å²) in [7, 11) is 1.80. The van der Waals surface area contributed by atoms with E-state index in [-0.39, 0.29) is 37.2 Å². The number of ether oxygens (including phenoxy) is 2. The van der Waals surface area contributed by atoms with Crippen molar-refractivity contribution >= 4 is 52.0 Å². The number of fused-ring (bicyclic) bond motifs is 1. The topological polar surface area (TPSA) is 222 Å². The summed E-state index contributed by atoms with van der Waals surface area (Å²) in [5.41, 5.74) is 4.01. The number of aliphatic hydroxyl groups excluding tert-OH is 2. The molecule has 54 heavy (non-hydrogen) atoms. The Bertz CT molecular complexity index is 2050. The number of anilines is 3. The van der Waals surface area contributed by atoms with Gasteiger partial charge in [0.05, 0.1) is 24.7 Å². The van der Waals surface area contributed by atoms with Crippen LogP contribution in [0.2, 0.25) is 0 Å². The molecular weight excluding hydrogens is 698 g/mol. The molecule has 2 aliphatic heterocycles. The Kier molecular flexibility index (Phi) is 11.9. The van der Waals surface area contributed by atoms with Crippen molar-refractivity contribution in [1.82, 2.24) is 35.1 Å². The van der Waals surface area contributed by atoms with Crippen LogP contribution in [0.1, 0.15) is 30.7 Å². The second kappa shape index (κ2) is 17.1. The van der Waals surface area contributed by atoms with Gasteiger partial charge in [0.25, 0.3) is 0 Å². The molecule has 0 bridgehead atoms. The standard InChI is InChI=1S/C37H41N9O8/c1-22(47)38-13-14-39-29(48)16-23-5-9-26(10-6-23)43-30(49)17-24-7-11-27(12-8-24)44-34-31-35(41-20-40-34)46(21-42-31)36-33(51)32(50)28(54-36)19-53-37(52)25-4-3-15-45(2)18-25/h3,5-12,15,18,20-21,28,32-33,36,50-51H,4,13-14,16-17,19H2,1-2H3,(H,38,47)(H,39,48)(H,43,49)(H,40,41,44)/t28-,32-,33-,36-/m1/s1. The minimum atomic E-state index is -1.35. The van der Waals surface area contributed by atoms with Gasteiger partial charge in [-0.2, -0.15) is 0 Å². The van der Waals surface area contributed by atoms with Gasteiger partial charge in [-0.1, -0.05) is 30.3 Å². The largest absolute Gasteiger partial charge is 0.459 e. The van der Waals surface area contributed by atoms with Crippen LogP contribution in [0.15, 0.2) is 85.2 Å². The van der Waals surface area contributed by atoms with E-state index in [4.69, 9.17) is 9.47 Å². The van der Waals surface area contributed by atoms with Gasteiger partial charge >= 0.3 is 5.97 Å². The highest BCUT2D eigenvalue weighted by atomic mass is 16.6. The molecular formula is C37H41N9O8. The molecule has 0 radical (unpaired) electrons. The number of aliphatic hydroxyl groups is 2. The first kappa shape index (κ1) is 37.6. The molecule has 2 aliphatic rings. The molecule has 0 saturated carbocycles. The van der Waals surface area contributed by atoms with Gasteiger partial charge in [-0.25, -0.2) is 19.7 Å². The zero-order chi connectivity index (χ0) is 38.2. The molecule has 4 aromatic rings. The number of amides is 3. The normalized spacial score (nSPS) is 19.3. The maximum atomic E-state index is 12.8. The van der Waals surface area contributed by atoms with Gasteiger partial charge in [0.2, 0.25) is 17.7 Å². The van der Waals surface area contributed by atoms with Gasteiger partial charge in [-0.15, -0.1) is 0 Å². The summed E-state index contributed by atoms with van der Waals surface area (Å²) in [4.78, 5) is 63.2. The van der Waals surface area contributed by atoms with Gasteiger partial charge in [-0.05, 0) is 41.6 Å². The van der Waals surface area contributed by atoms with Crippen molar-refractivity contribution in [3.63, 3.8) is 0 Å². The molecule has 4 heterocycles. The summed E-state index contributed by atoms with van der Waals surface area (Å²) < 4.78 is 12.8. The number of esters is 1. The number of rotatable bonds is 14. The molecule has 4 atom stereocenters. The van der Waals surface area contributed by atoms with Crippen molar-refractivity contribution in [1.29, 1.82) is 0 Å². The molecule has 282 valence electrons. The lowest BCUT2D eigenvalue weighted by molar-refractivity contribution is -0.145. The summed E-state index contributed by atoms with van der Waals surface area (Å²) in [6.07, 6.45) is 4.11. The third kappa shape index (κ3) is 9.43. The molecule has 2 aromatic heterocycles. The van der Waals surface area contributed by atoms with Gasteiger partial charge in [-0.3, -0.25) is 19.0 Å². The second-order valence-corrected chi connectivity index (χ2v) is 12.9. The van der Waals surface area contributed by atoms with Crippen LogP contribution in [0.3, 0.4) is 0 Å². The lowest BCUT2D eigenvalue weighted by Crippen LogP contribution is -2.34. The van der Waals surface area contributed by atoms with E-state index in [1.54, 1.807) is 54.5 Å². The van der Waals surface area contributed by atoms with Crippen LogP contribution < -0.4 is 21.3 Å². The lowest BCUT2D eigenvalue weighted by Gasteiger charge is -2.18. The smallest absolute Gasteiger partial charge is 0.335 e. The predicted octanol–water partition coefficient (Wildman–Crippen LogP) is 1.44. The molecule has 17 nitrogen and oxygen atoms in total. The van der Waals surface area contributed by atoms with Crippen molar-refractivity contribution in [2.75, 3.05) is 37.4 Å². The number of nitrogens with one attached hydrogen (secondary N) is 4. The number of nitrogens with zero attached hydrogens (tertiary/aromatic N) is 5. The third-order valence-electron chi connectivity index (χ3n) is 8.65. The number of carbonyl (C=O) groups excluding carboxylic acids is 4. The Morgan fingerprint density at radius 1 is 0.889 bits per heavy atom. The Morgan fingerprint density at radius 2 is 1.57 bits per heavy atom. The minimum absolute atomic E-state index is 0.128. The van der Waals surface area contributed by atoms with Crippen LogP contribution in [0.5, 0.6) is 0 Å². The van der Waals surface area contributed by atoms with Gasteiger partial charge < -0.3 is 45.9 Å². The van der Waals surface area contributed by atoms with Crippen molar-refractivity contribution in [3.05, 3.63) is 96.4 Å². The molecule has 17 heteroatoms. The van der Waals surface area contributed by atoms with Crippen LogP contribution in [0.25, 0.3) is 11.2 Å². The number of aromatic nitrogens is 4. The fourth-order valence-electron chi connectivity index (χ4n) is 5.93. The monoisotopic (exact) mass is 739 g/mol. The maximum Gasteiger partial charge on any atom is 0.335 e. The summed E-state index contributed by atoms with van der Waals surface area (Å²) in [5.74, 6) is -0.687. The van der Waals surface area contributed by atoms with E-state index < -0.39 is 30.5 Å². The molecule has 1 fully saturated rings. The molecule has 3 amide bonds. The molecule has 0 spiro atoms. The summed E-state index contributed by atoms with van der Waals surface area (Å²) >= 11 is 0. The number of benzene rings is 2. The van der Waals surface area contributed by atoms with Crippen LogP contribution >= 0.6 is 0 Å². The minimum Gasteiger partial charge on any atom is -0.459 e. The van der Waals surface area contributed by atoms with E-state index in [9.17, 15) is 29.4 Å². The third-order valence-corrected chi connectivity index (χ3v) is 8.65. The fourth-order valence-corrected chi connectivity index (χ4v) is 5.93. The Hall–Kier alpha value is -6.17. The Morgan fingerprint density at radius 3 is 2.28 bits per heavy atom. The van der Waals surface area contributed by atoms with E-state index in [1.165, 1.54) is 24.1 Å². The number of hydrogen-bond acceptors (Lipinski definition) is 13. The summed E-state index contributed by atoms with van der Waals surface area (Å²) in [6, 6.07) is 14.2. The van der Waals surface area contributed by atoms with Gasteiger partial charge in [0.15, 0.2) is 23.2 Å². The quantitative estimate of drug-likeness (QED) is 0.0797. The van der Waals surface area contributed by atoms with E-state index in [0.29, 0.717) is 53.4 Å². The van der Waals surface area contributed by atoms with E-state index >= 15 is 0 Å². The second-order valence-electron chi connectivity index (χ2n) is 12.9. The lowest BCUT2D eigenvalue weighted by atomic mass is 10.1. The zero-order valence-corrected chi connectivity index (χ0v) is 29.6. The average molecular weight is 740 g/mol. The SMILES string of the molecule is CC(=O)NCCNC(=O)Cc1ccc(NC(=O)Cc2ccc(Nc3ncnc4c3ncn4[C@@H]3O[C@H](COC(=O)C4=CN(C)C=CC4)[C@@H](O)[C@H]3O)cc2)cc1. The van der Waals surface area contributed by atoms with Crippen molar-refractivity contribution < 1.29 is 38.9 Å². The van der Waals surface area contributed by atoms with E-state index in [1.807, 2.05) is 24.4 Å². The van der Waals surface area contributed by atoms with Crippen molar-refractivity contribution in [3.8, 4) is 0 Å². The van der Waals surface area contributed by atoms with E-state index in [2.05, 4.69) is 36.2 Å². The predicted molar refractivity (Wildman–Crippen MR) is 196 cm³/mol. The summed E-state index contributed by atoms with van der Waals surface area (Å²) in [5, 5.41) is 33.0. The molecule has 1 saturated heterocycles. The number of carbonyl (C=O) groups is 4. The molecule has 2 aromatic carbocycles. The van der Waals surface area contributed by atoms with Crippen LogP contribution in [-0.2, 0) is 41.5 Å². The number of allylic oxidation sites excluding steroid dienone is 1. The van der Waals surface area contributed by atoms with Gasteiger partial charge in [0.1, 0.15) is 31.2 Å². The fraction of sp³-hybridized carbons (Fsp3) is 0.324. The van der Waals surface area contributed by atoms with Crippen LogP contribution in [0.4, 0.5) is 17.2 Å². The highest BCUT2D eigenvalue weighted by molar-refractivity contribution is 5.92. The van der Waals surface area contributed by atoms with E-state index in [0.717, 1.165) is 11.1 Å². The Labute approximate surface area is 310 Å². The van der Waals surface area contributed by atoms with Crippen molar-refractivity contribution in [2.45, 2.75) is 50.7 Å². The summed E-state index contributed by atoms with van der Waals surface area (Å²) in [6.45, 7) is 1.86. The first-order valence-corrected chi connectivity index (χ1v) is 17.3. The van der Waals surface area contributed by atoms with Crippen molar-refractivity contribution in [2.24, 2.45) is 0 Å². The number of hydrogen-bond donors (Lipinski definition) is 6. The zero-order valence-electron chi connectivity index (χ0n) is 29.6. The first-order valence-electron chi connectivity index (χ1n) is 17.3. The van der Waals surface area contributed by atoms with Crippen LogP contribution in [-0.4, -0.2) is 103 Å². The highest BCUT2D eigenvalue weighted by Crippen LogP contribution is 2.33. The molecule has 6 rings (SSSR count).